The lowest BCUT2D eigenvalue weighted by atomic mass is 10.3. The highest BCUT2D eigenvalue weighted by atomic mass is 15.2. The number of rotatable bonds is 5. The van der Waals surface area contributed by atoms with Gasteiger partial charge in [-0.3, -0.25) is 4.98 Å². The second kappa shape index (κ2) is 6.91. The minimum atomic E-state index is 0.497. The van der Waals surface area contributed by atoms with Crippen molar-refractivity contribution in [3.05, 3.63) is 60.8 Å². The zero-order valence-corrected chi connectivity index (χ0v) is 15.4. The van der Waals surface area contributed by atoms with E-state index in [9.17, 15) is 0 Å². The third-order valence-electron chi connectivity index (χ3n) is 4.01. The average molecular weight is 360 g/mol. The first-order valence-corrected chi connectivity index (χ1v) is 8.53. The normalized spacial score (nSPS) is 10.8. The first-order valence-electron chi connectivity index (χ1n) is 8.53. The molecule has 4 aromatic rings. The molecule has 136 valence electrons. The van der Waals surface area contributed by atoms with Gasteiger partial charge in [0.25, 0.3) is 0 Å². The van der Waals surface area contributed by atoms with E-state index >= 15 is 0 Å². The summed E-state index contributed by atoms with van der Waals surface area (Å²) in [4.78, 5) is 19.7. The van der Waals surface area contributed by atoms with Gasteiger partial charge in [-0.2, -0.15) is 9.97 Å². The van der Waals surface area contributed by atoms with Crippen molar-refractivity contribution in [2.75, 3.05) is 29.6 Å². The van der Waals surface area contributed by atoms with Gasteiger partial charge in [-0.1, -0.05) is 0 Å². The molecule has 0 aliphatic heterocycles. The molecule has 0 saturated heterocycles. The first-order chi connectivity index (χ1) is 13.1. The molecular weight excluding hydrogens is 340 g/mol. The molecule has 0 radical (unpaired) electrons. The molecule has 0 bridgehead atoms. The smallest absolute Gasteiger partial charge is 0.231 e. The third-order valence-corrected chi connectivity index (χ3v) is 4.01. The molecule has 0 aliphatic carbocycles. The van der Waals surface area contributed by atoms with E-state index in [4.69, 9.17) is 0 Å². The van der Waals surface area contributed by atoms with Gasteiger partial charge in [0.05, 0.1) is 11.9 Å². The van der Waals surface area contributed by atoms with Gasteiger partial charge in [-0.15, -0.1) is 0 Å². The van der Waals surface area contributed by atoms with E-state index < -0.39 is 0 Å². The average Bonchev–Trinajstić information content (AvgIpc) is 3.11. The van der Waals surface area contributed by atoms with Crippen molar-refractivity contribution in [1.29, 1.82) is 0 Å². The van der Waals surface area contributed by atoms with Crippen LogP contribution in [0.3, 0.4) is 0 Å². The lowest BCUT2D eigenvalue weighted by Crippen LogP contribution is -2.13. The van der Waals surface area contributed by atoms with Crippen LogP contribution < -0.4 is 15.5 Å². The number of aryl methyl sites for hydroxylation is 1. The summed E-state index contributed by atoms with van der Waals surface area (Å²) in [7, 11) is 3.89. The molecular formula is C19H20N8. The Bertz CT molecular complexity index is 1070. The van der Waals surface area contributed by atoms with Crippen LogP contribution in [0.5, 0.6) is 0 Å². The summed E-state index contributed by atoms with van der Waals surface area (Å²) in [5, 5.41) is 6.54. The Labute approximate surface area is 156 Å². The Morgan fingerprint density at radius 3 is 2.59 bits per heavy atom. The van der Waals surface area contributed by atoms with Gasteiger partial charge in [-0.05, 0) is 25.1 Å². The molecule has 0 aliphatic rings. The second-order valence-electron chi connectivity index (χ2n) is 6.38. The quantitative estimate of drug-likeness (QED) is 0.564. The van der Waals surface area contributed by atoms with E-state index in [0.717, 1.165) is 28.5 Å². The molecule has 4 rings (SSSR count). The number of aromatic nitrogens is 5. The molecule has 4 heterocycles. The topological polar surface area (TPSA) is 83.3 Å². The summed E-state index contributed by atoms with van der Waals surface area (Å²) in [5.41, 5.74) is 3.56. The van der Waals surface area contributed by atoms with Gasteiger partial charge in [0.1, 0.15) is 17.3 Å². The van der Waals surface area contributed by atoms with Gasteiger partial charge in [0, 0.05) is 56.2 Å². The Hall–Kier alpha value is -3.68. The van der Waals surface area contributed by atoms with Crippen LogP contribution in [0.25, 0.3) is 5.65 Å². The van der Waals surface area contributed by atoms with Crippen LogP contribution in [-0.2, 0) is 0 Å². The fraction of sp³-hybridized carbons (Fsp3) is 0.158. The van der Waals surface area contributed by atoms with E-state index in [-0.39, 0.29) is 0 Å². The van der Waals surface area contributed by atoms with Crippen molar-refractivity contribution < 1.29 is 0 Å². The maximum absolute atomic E-state index is 4.58. The van der Waals surface area contributed by atoms with Crippen LogP contribution in [0, 0.1) is 6.92 Å². The lowest BCUT2D eigenvalue weighted by molar-refractivity contribution is 1.04. The predicted molar refractivity (Wildman–Crippen MR) is 107 cm³/mol. The first kappa shape index (κ1) is 16.8. The van der Waals surface area contributed by atoms with Crippen molar-refractivity contribution in [1.82, 2.24) is 24.3 Å². The summed E-state index contributed by atoms with van der Waals surface area (Å²) in [6.07, 6.45) is 7.40. The Morgan fingerprint density at radius 1 is 0.926 bits per heavy atom. The summed E-state index contributed by atoms with van der Waals surface area (Å²) < 4.78 is 1.95. The Balaban J connectivity index is 1.64. The monoisotopic (exact) mass is 360 g/mol. The molecule has 0 atom stereocenters. The molecule has 27 heavy (non-hydrogen) atoms. The zero-order chi connectivity index (χ0) is 18.8. The number of pyridine rings is 2. The molecule has 2 N–H and O–H groups in total. The molecule has 4 aromatic heterocycles. The molecule has 0 spiro atoms. The number of hydrogen-bond acceptors (Lipinski definition) is 7. The molecule has 8 heteroatoms. The fourth-order valence-electron chi connectivity index (χ4n) is 2.59. The van der Waals surface area contributed by atoms with Crippen LogP contribution in [0.2, 0.25) is 0 Å². The van der Waals surface area contributed by atoms with Crippen LogP contribution in [0.15, 0.2) is 55.1 Å². The molecule has 0 unspecified atom stereocenters. The largest absolute Gasteiger partial charge is 0.363 e. The summed E-state index contributed by atoms with van der Waals surface area (Å²) in [5.74, 6) is 1.97. The number of fused-ring (bicyclic) bond motifs is 1. The van der Waals surface area contributed by atoms with Gasteiger partial charge in [-0.25, -0.2) is 4.98 Å². The number of nitrogens with zero attached hydrogens (tertiary/aromatic N) is 6. The van der Waals surface area contributed by atoms with Gasteiger partial charge < -0.3 is 19.9 Å². The maximum atomic E-state index is 4.58. The minimum absolute atomic E-state index is 0.497. The van der Waals surface area contributed by atoms with Crippen molar-refractivity contribution >= 4 is 34.6 Å². The summed E-state index contributed by atoms with van der Waals surface area (Å²) in [6.45, 7) is 1.95. The fourth-order valence-corrected chi connectivity index (χ4v) is 2.59. The number of anilines is 5. The van der Waals surface area contributed by atoms with Crippen molar-refractivity contribution in [2.45, 2.75) is 6.92 Å². The third kappa shape index (κ3) is 3.79. The van der Waals surface area contributed by atoms with Crippen molar-refractivity contribution in [2.24, 2.45) is 0 Å². The van der Waals surface area contributed by atoms with E-state index in [1.807, 2.05) is 73.0 Å². The van der Waals surface area contributed by atoms with Gasteiger partial charge in [0.2, 0.25) is 5.95 Å². The highest BCUT2D eigenvalue weighted by Gasteiger charge is 2.08. The van der Waals surface area contributed by atoms with Crippen LogP contribution in [0.1, 0.15) is 5.69 Å². The van der Waals surface area contributed by atoms with Crippen LogP contribution in [0.4, 0.5) is 29.0 Å². The summed E-state index contributed by atoms with van der Waals surface area (Å²) in [6, 6.07) is 9.73. The van der Waals surface area contributed by atoms with Crippen LogP contribution in [-0.4, -0.2) is 38.4 Å². The standard InChI is InChI=1S/C19H20N8/c1-13-4-5-15(12-21-13)23-19-24-16(11-18(25-19)26(2)3)22-14-6-8-27-9-7-20-17(27)10-14/h4-12H,1-3H3,(H2,22,23,24,25). The van der Waals surface area contributed by atoms with Crippen molar-refractivity contribution in [3.63, 3.8) is 0 Å². The van der Waals surface area contributed by atoms with E-state index in [1.165, 1.54) is 0 Å². The van der Waals surface area contributed by atoms with Gasteiger partial charge >= 0.3 is 0 Å². The zero-order valence-electron chi connectivity index (χ0n) is 15.4. The number of imidazole rings is 1. The maximum Gasteiger partial charge on any atom is 0.231 e. The second-order valence-corrected chi connectivity index (χ2v) is 6.38. The van der Waals surface area contributed by atoms with E-state index in [0.29, 0.717) is 11.8 Å². The Kier molecular flexibility index (Phi) is 4.29. The van der Waals surface area contributed by atoms with E-state index in [1.54, 1.807) is 12.4 Å². The van der Waals surface area contributed by atoms with Gasteiger partial charge in [0.15, 0.2) is 0 Å². The van der Waals surface area contributed by atoms with E-state index in [2.05, 4.69) is 30.6 Å². The molecule has 0 aromatic carbocycles. The Morgan fingerprint density at radius 2 is 1.81 bits per heavy atom. The molecule has 0 amide bonds. The lowest BCUT2D eigenvalue weighted by Gasteiger charge is -2.15. The van der Waals surface area contributed by atoms with Crippen LogP contribution >= 0.6 is 0 Å². The number of nitrogens with one attached hydrogen (secondary N) is 2. The predicted octanol–water partition coefficient (Wildman–Crippen LogP) is 3.38. The minimum Gasteiger partial charge on any atom is -0.363 e. The molecule has 0 saturated carbocycles. The summed E-state index contributed by atoms with van der Waals surface area (Å²) >= 11 is 0. The SMILES string of the molecule is Cc1ccc(Nc2nc(Nc3ccn4ccnc4c3)cc(N(C)C)n2)cn1. The molecule has 0 fully saturated rings. The highest BCUT2D eigenvalue weighted by Crippen LogP contribution is 2.23. The van der Waals surface area contributed by atoms with Crippen molar-refractivity contribution in [3.8, 4) is 0 Å². The number of hydrogen-bond donors (Lipinski definition) is 2. The highest BCUT2D eigenvalue weighted by molar-refractivity contribution is 5.65. The molecule has 8 nitrogen and oxygen atoms in total.